The van der Waals surface area contributed by atoms with E-state index in [9.17, 15) is 0 Å². The molecule has 2 N–H and O–H groups in total. The highest BCUT2D eigenvalue weighted by Gasteiger charge is 2.18. The number of fused-ring (bicyclic) bond motifs is 1. The van der Waals surface area contributed by atoms with Crippen LogP contribution in [0.25, 0.3) is 0 Å². The number of hydrogen-bond acceptors (Lipinski definition) is 4. The van der Waals surface area contributed by atoms with Crippen LogP contribution in [0.1, 0.15) is 20.0 Å². The molecule has 0 amide bonds. The molecular formula is C7H12N4S. The fourth-order valence-corrected chi connectivity index (χ4v) is 1.85. The van der Waals surface area contributed by atoms with E-state index in [4.69, 9.17) is 0 Å². The van der Waals surface area contributed by atoms with Crippen molar-refractivity contribution in [3.63, 3.8) is 0 Å². The Morgan fingerprint density at radius 3 is 3.25 bits per heavy atom. The second-order valence-electron chi connectivity index (χ2n) is 2.69. The normalized spacial score (nSPS) is 20.7. The third-order valence-electron chi connectivity index (χ3n) is 1.78. The number of nitrogens with zero attached hydrogens (tertiary/aromatic N) is 2. The molecule has 0 aromatic carbocycles. The molecule has 1 atom stereocenters. The Morgan fingerprint density at radius 2 is 2.58 bits per heavy atom. The van der Waals surface area contributed by atoms with Crippen molar-refractivity contribution >= 4 is 17.6 Å². The van der Waals surface area contributed by atoms with Gasteiger partial charge in [0, 0.05) is 6.07 Å². The molecule has 66 valence electrons. The fourth-order valence-electron chi connectivity index (χ4n) is 1.22. The third-order valence-corrected chi connectivity index (χ3v) is 2.57. The van der Waals surface area contributed by atoms with Gasteiger partial charge in [-0.2, -0.15) is 5.10 Å². The first-order valence-corrected chi connectivity index (χ1v) is 5.03. The minimum absolute atomic E-state index is 0.256. The zero-order valence-corrected chi connectivity index (χ0v) is 7.98. The van der Waals surface area contributed by atoms with E-state index in [0.717, 1.165) is 16.6 Å². The lowest BCUT2D eigenvalue weighted by Gasteiger charge is -2.02. The third kappa shape index (κ3) is 1.19. The van der Waals surface area contributed by atoms with Gasteiger partial charge in [0.2, 0.25) is 0 Å². The minimum atomic E-state index is 0.256. The summed E-state index contributed by atoms with van der Waals surface area (Å²) in [6.07, 6.45) is 0.256. The number of hydrogen-bond donors (Lipinski definition) is 2. The number of anilines is 1. The van der Waals surface area contributed by atoms with Gasteiger partial charge in [0.1, 0.15) is 17.0 Å². The van der Waals surface area contributed by atoms with Crippen molar-refractivity contribution in [2.75, 3.05) is 11.2 Å². The van der Waals surface area contributed by atoms with E-state index in [2.05, 4.69) is 35.9 Å². The Morgan fingerprint density at radius 1 is 1.75 bits per heavy atom. The van der Waals surface area contributed by atoms with E-state index in [1.54, 1.807) is 11.8 Å². The van der Waals surface area contributed by atoms with Gasteiger partial charge < -0.3 is 5.43 Å². The van der Waals surface area contributed by atoms with Crippen LogP contribution in [0, 0.1) is 0 Å². The van der Waals surface area contributed by atoms with E-state index in [1.807, 2.05) is 4.68 Å². The van der Waals surface area contributed by atoms with Crippen molar-refractivity contribution in [1.82, 2.24) is 15.2 Å². The van der Waals surface area contributed by atoms with Crippen molar-refractivity contribution in [2.24, 2.45) is 0 Å². The lowest BCUT2D eigenvalue weighted by molar-refractivity contribution is 0.475. The molecule has 12 heavy (non-hydrogen) atoms. The summed E-state index contributed by atoms with van der Waals surface area (Å²) in [6.45, 7) is 4.20. The first kappa shape index (κ1) is 7.94. The van der Waals surface area contributed by atoms with E-state index < -0.39 is 0 Å². The largest absolute Gasteiger partial charge is 0.304 e. The van der Waals surface area contributed by atoms with Crippen molar-refractivity contribution in [3.05, 3.63) is 6.07 Å². The lowest BCUT2D eigenvalue weighted by Crippen LogP contribution is -2.19. The average Bonchev–Trinajstić information content (AvgIpc) is 2.55. The first-order valence-electron chi connectivity index (χ1n) is 4.05. The highest BCUT2D eigenvalue weighted by atomic mass is 32.2. The smallest absolute Gasteiger partial charge is 0.141 e. The number of nitrogens with one attached hydrogen (secondary N) is 2. The number of aromatic nitrogens is 2. The van der Waals surface area contributed by atoms with Crippen LogP contribution >= 0.6 is 11.8 Å². The topological polar surface area (TPSA) is 41.9 Å². The van der Waals surface area contributed by atoms with Crippen LogP contribution in [0.2, 0.25) is 0 Å². The Hall–Kier alpha value is -0.680. The summed E-state index contributed by atoms with van der Waals surface area (Å²) in [5, 5.41) is 5.51. The Kier molecular flexibility index (Phi) is 1.98. The average molecular weight is 184 g/mol. The highest BCUT2D eigenvalue weighted by molar-refractivity contribution is 7.99. The van der Waals surface area contributed by atoms with Crippen LogP contribution in [-0.2, 0) is 0 Å². The van der Waals surface area contributed by atoms with Gasteiger partial charge in [-0.3, -0.25) is 0 Å². The monoisotopic (exact) mass is 184 g/mol. The van der Waals surface area contributed by atoms with E-state index in [0.29, 0.717) is 0 Å². The quantitative estimate of drug-likeness (QED) is 0.683. The van der Waals surface area contributed by atoms with Gasteiger partial charge >= 0.3 is 0 Å². The molecule has 0 saturated heterocycles. The summed E-state index contributed by atoms with van der Waals surface area (Å²) in [4.78, 5) is 0. The molecule has 0 spiro atoms. The fraction of sp³-hybridized carbons (Fsp3) is 0.571. The van der Waals surface area contributed by atoms with Crippen molar-refractivity contribution in [3.8, 4) is 0 Å². The molecular weight excluding hydrogens is 172 g/mol. The molecule has 0 fully saturated rings. The summed E-state index contributed by atoms with van der Waals surface area (Å²) in [5.41, 5.74) is 6.14. The molecule has 1 aromatic heterocycles. The molecule has 1 aliphatic rings. The van der Waals surface area contributed by atoms with E-state index >= 15 is 0 Å². The lowest BCUT2D eigenvalue weighted by atomic mass is 10.6. The van der Waals surface area contributed by atoms with Crippen LogP contribution in [0.3, 0.4) is 0 Å². The molecule has 1 aliphatic heterocycles. The van der Waals surface area contributed by atoms with Crippen LogP contribution in [-0.4, -0.2) is 15.5 Å². The second kappa shape index (κ2) is 2.99. The second-order valence-corrected chi connectivity index (χ2v) is 3.98. The maximum absolute atomic E-state index is 4.42. The van der Waals surface area contributed by atoms with Gasteiger partial charge in [0.25, 0.3) is 0 Å². The molecule has 4 nitrogen and oxygen atoms in total. The summed E-state index contributed by atoms with van der Waals surface area (Å²) in [7, 11) is 0. The maximum Gasteiger partial charge on any atom is 0.141 e. The van der Waals surface area contributed by atoms with Gasteiger partial charge in [-0.25, -0.2) is 10.1 Å². The highest BCUT2D eigenvalue weighted by Crippen LogP contribution is 2.25. The van der Waals surface area contributed by atoms with Crippen LogP contribution in [0.4, 0.5) is 5.82 Å². The van der Waals surface area contributed by atoms with Gasteiger partial charge in [0.15, 0.2) is 0 Å². The zero-order valence-electron chi connectivity index (χ0n) is 7.16. The standard InChI is InChI=1S/C7H12N4S/c1-3-12-7-4-6-9-8-5(2)11(6)10-7/h4-5,8-9H,3H2,1-2H3. The summed E-state index contributed by atoms with van der Waals surface area (Å²) < 4.78 is 1.96. The predicted molar refractivity (Wildman–Crippen MR) is 50.1 cm³/mol. The maximum atomic E-state index is 4.42. The summed E-state index contributed by atoms with van der Waals surface area (Å²) in [5.74, 6) is 2.12. The van der Waals surface area contributed by atoms with E-state index in [1.165, 1.54) is 0 Å². The molecule has 2 rings (SSSR count). The summed E-state index contributed by atoms with van der Waals surface area (Å²) >= 11 is 1.76. The Labute approximate surface area is 75.7 Å². The number of rotatable bonds is 2. The van der Waals surface area contributed by atoms with Crippen LogP contribution in [0.5, 0.6) is 0 Å². The molecule has 5 heteroatoms. The van der Waals surface area contributed by atoms with E-state index in [-0.39, 0.29) is 6.17 Å². The Balaban J connectivity index is 2.24. The number of hydrazine groups is 1. The van der Waals surface area contributed by atoms with Crippen molar-refractivity contribution < 1.29 is 0 Å². The molecule has 1 aromatic rings. The van der Waals surface area contributed by atoms with Crippen LogP contribution in [0.15, 0.2) is 11.1 Å². The molecule has 0 aliphatic carbocycles. The van der Waals surface area contributed by atoms with Crippen molar-refractivity contribution in [1.29, 1.82) is 0 Å². The summed E-state index contributed by atoms with van der Waals surface area (Å²) in [6, 6.07) is 2.06. The van der Waals surface area contributed by atoms with Gasteiger partial charge in [-0.1, -0.05) is 6.92 Å². The molecule has 2 heterocycles. The SMILES string of the molecule is CCSc1cc2n(n1)C(C)NN2. The van der Waals surface area contributed by atoms with Gasteiger partial charge in [-0.15, -0.1) is 11.8 Å². The molecule has 1 unspecified atom stereocenters. The molecule has 0 saturated carbocycles. The zero-order chi connectivity index (χ0) is 8.55. The van der Waals surface area contributed by atoms with Gasteiger partial charge in [-0.05, 0) is 12.7 Å². The molecule has 0 radical (unpaired) electrons. The Bertz CT molecular complexity index is 283. The predicted octanol–water partition coefficient (Wildman–Crippen LogP) is 1.44. The molecule has 0 bridgehead atoms. The van der Waals surface area contributed by atoms with Crippen molar-refractivity contribution in [2.45, 2.75) is 25.0 Å². The van der Waals surface area contributed by atoms with Gasteiger partial charge in [0.05, 0.1) is 0 Å². The number of thioether (sulfide) groups is 1. The van der Waals surface area contributed by atoms with Crippen LogP contribution < -0.4 is 10.9 Å². The minimum Gasteiger partial charge on any atom is -0.304 e. The first-order chi connectivity index (χ1) is 5.81.